The van der Waals surface area contributed by atoms with Gasteiger partial charge in [0, 0.05) is 24.1 Å². The van der Waals surface area contributed by atoms with Crippen LogP contribution in [0.2, 0.25) is 0 Å². The van der Waals surface area contributed by atoms with Gasteiger partial charge in [0.1, 0.15) is 6.04 Å². The fraction of sp³-hybridized carbons (Fsp3) is 0.591. The fourth-order valence-electron chi connectivity index (χ4n) is 4.46. The Labute approximate surface area is 166 Å². The quantitative estimate of drug-likeness (QED) is 0.717. The molecule has 152 valence electrons. The van der Waals surface area contributed by atoms with Gasteiger partial charge in [-0.3, -0.25) is 14.4 Å². The topological polar surface area (TPSA) is 86.7 Å². The second kappa shape index (κ2) is 8.43. The van der Waals surface area contributed by atoms with Crippen LogP contribution >= 0.6 is 0 Å². The molecule has 1 unspecified atom stereocenters. The van der Waals surface area contributed by atoms with Crippen LogP contribution in [0.15, 0.2) is 24.3 Å². The highest BCUT2D eigenvalue weighted by atomic mass is 16.4. The summed E-state index contributed by atoms with van der Waals surface area (Å²) in [5, 5.41) is 11.8. The first kappa shape index (κ1) is 20.5. The molecule has 1 aromatic rings. The minimum absolute atomic E-state index is 0.0444. The molecule has 1 aliphatic heterocycles. The van der Waals surface area contributed by atoms with Crippen LogP contribution in [0.1, 0.15) is 74.3 Å². The van der Waals surface area contributed by atoms with Crippen molar-refractivity contribution in [3.05, 3.63) is 35.4 Å². The smallest absolute Gasteiger partial charge is 0.317 e. The van der Waals surface area contributed by atoms with Crippen molar-refractivity contribution in [3.63, 3.8) is 0 Å². The maximum Gasteiger partial charge on any atom is 0.317 e. The molecule has 3 rings (SSSR count). The van der Waals surface area contributed by atoms with Crippen molar-refractivity contribution in [1.29, 1.82) is 0 Å². The summed E-state index contributed by atoms with van der Waals surface area (Å²) in [6.07, 6.45) is 5.98. The largest absolute Gasteiger partial charge is 0.480 e. The second-order valence-corrected chi connectivity index (χ2v) is 8.73. The Morgan fingerprint density at radius 3 is 2.54 bits per heavy atom. The number of carboxylic acid groups (broad SMARTS) is 1. The van der Waals surface area contributed by atoms with Gasteiger partial charge in [-0.1, -0.05) is 37.5 Å². The maximum atomic E-state index is 13.3. The van der Waals surface area contributed by atoms with E-state index in [0.717, 1.165) is 18.4 Å². The lowest BCUT2D eigenvalue weighted by Gasteiger charge is -2.33. The van der Waals surface area contributed by atoms with Gasteiger partial charge in [-0.05, 0) is 44.2 Å². The molecule has 1 fully saturated rings. The third kappa shape index (κ3) is 4.61. The van der Waals surface area contributed by atoms with Crippen LogP contribution in [0.4, 0.5) is 0 Å². The molecule has 6 heteroatoms. The van der Waals surface area contributed by atoms with E-state index in [1.54, 1.807) is 11.0 Å². The molecule has 2 aliphatic rings. The number of fused-ring (bicyclic) bond motifs is 1. The molecule has 1 heterocycles. The average Bonchev–Trinajstić information content (AvgIpc) is 2.93. The summed E-state index contributed by atoms with van der Waals surface area (Å²) in [5.74, 6) is -0.617. The lowest BCUT2D eigenvalue weighted by molar-refractivity contribution is -0.136. The third-order valence-electron chi connectivity index (χ3n) is 5.88. The molecule has 1 saturated carbocycles. The molecule has 1 amide bonds. The zero-order valence-electron chi connectivity index (χ0n) is 16.7. The zero-order valence-corrected chi connectivity index (χ0v) is 16.7. The zero-order chi connectivity index (χ0) is 20.3. The number of benzene rings is 1. The first-order chi connectivity index (χ1) is 13.3. The van der Waals surface area contributed by atoms with Gasteiger partial charge in [-0.25, -0.2) is 0 Å². The molecule has 0 bridgehead atoms. The molecule has 0 radical (unpaired) electrons. The van der Waals surface area contributed by atoms with Gasteiger partial charge >= 0.3 is 5.97 Å². The minimum Gasteiger partial charge on any atom is -0.480 e. The van der Waals surface area contributed by atoms with Crippen LogP contribution in [0, 0.1) is 5.92 Å². The monoisotopic (exact) mass is 386 g/mol. The molecule has 2 N–H and O–H groups in total. The molecule has 28 heavy (non-hydrogen) atoms. The predicted octanol–water partition coefficient (Wildman–Crippen LogP) is 3.18. The standard InChI is InChI=1S/C22H30N2O4/c1-22(2,23-13-19(26)27)12-18(25)20-16-10-6-7-11-17(16)21(28)24(20)14-15-8-4-3-5-9-15/h6-7,10-11,15,20,23H,3-5,8-9,12-14H2,1-2H3,(H,26,27). The normalized spacial score (nSPS) is 20.3. The van der Waals surface area contributed by atoms with Gasteiger partial charge in [0.25, 0.3) is 5.91 Å². The Kier molecular flexibility index (Phi) is 6.18. The molecule has 6 nitrogen and oxygen atoms in total. The number of rotatable bonds is 8. The van der Waals surface area contributed by atoms with Crippen molar-refractivity contribution >= 4 is 17.7 Å². The number of hydrogen-bond donors (Lipinski definition) is 2. The van der Waals surface area contributed by atoms with E-state index in [4.69, 9.17) is 5.11 Å². The van der Waals surface area contributed by atoms with Crippen molar-refractivity contribution < 1.29 is 19.5 Å². The van der Waals surface area contributed by atoms with E-state index in [-0.39, 0.29) is 24.7 Å². The maximum absolute atomic E-state index is 13.3. The number of amides is 1. The van der Waals surface area contributed by atoms with E-state index in [0.29, 0.717) is 18.0 Å². The summed E-state index contributed by atoms with van der Waals surface area (Å²) in [5.41, 5.74) is 0.738. The predicted molar refractivity (Wildman–Crippen MR) is 106 cm³/mol. The average molecular weight is 386 g/mol. The van der Waals surface area contributed by atoms with Crippen molar-refractivity contribution in [2.45, 2.75) is 64.0 Å². The van der Waals surface area contributed by atoms with Crippen molar-refractivity contribution in [2.24, 2.45) is 5.92 Å². The number of nitrogens with zero attached hydrogens (tertiary/aromatic N) is 1. The minimum atomic E-state index is -0.958. The number of carbonyl (C=O) groups is 3. The van der Waals surface area contributed by atoms with Gasteiger partial charge in [0.2, 0.25) is 0 Å². The first-order valence-corrected chi connectivity index (χ1v) is 10.2. The number of ketones is 1. The molecular formula is C22H30N2O4. The third-order valence-corrected chi connectivity index (χ3v) is 5.88. The summed E-state index contributed by atoms with van der Waals surface area (Å²) >= 11 is 0. The van der Waals surface area contributed by atoms with E-state index in [1.807, 2.05) is 32.0 Å². The van der Waals surface area contributed by atoms with E-state index in [1.165, 1.54) is 19.3 Å². The SMILES string of the molecule is CC(C)(CC(=O)C1c2ccccc2C(=O)N1CC1CCCCC1)NCC(=O)O. The van der Waals surface area contributed by atoms with Gasteiger partial charge in [0.15, 0.2) is 5.78 Å². The van der Waals surface area contributed by atoms with Crippen LogP contribution in [-0.2, 0) is 9.59 Å². The van der Waals surface area contributed by atoms with Crippen LogP contribution < -0.4 is 5.32 Å². The number of hydrogen-bond acceptors (Lipinski definition) is 4. The number of nitrogens with one attached hydrogen (secondary N) is 1. The molecular weight excluding hydrogens is 356 g/mol. The summed E-state index contributed by atoms with van der Waals surface area (Å²) in [6, 6.07) is 6.79. The lowest BCUT2D eigenvalue weighted by Crippen LogP contribution is -2.46. The molecule has 1 atom stereocenters. The lowest BCUT2D eigenvalue weighted by atomic mass is 9.87. The number of carbonyl (C=O) groups excluding carboxylic acids is 2. The highest BCUT2D eigenvalue weighted by Crippen LogP contribution is 2.38. The summed E-state index contributed by atoms with van der Waals surface area (Å²) in [7, 11) is 0. The highest BCUT2D eigenvalue weighted by Gasteiger charge is 2.42. The van der Waals surface area contributed by atoms with E-state index in [9.17, 15) is 14.4 Å². The Morgan fingerprint density at radius 1 is 1.18 bits per heavy atom. The van der Waals surface area contributed by atoms with Gasteiger partial charge in [-0.2, -0.15) is 0 Å². The molecule has 0 aromatic heterocycles. The van der Waals surface area contributed by atoms with Gasteiger partial charge < -0.3 is 15.3 Å². The summed E-state index contributed by atoms with van der Waals surface area (Å²) in [6.45, 7) is 4.06. The first-order valence-electron chi connectivity index (χ1n) is 10.2. The van der Waals surface area contributed by atoms with Gasteiger partial charge in [0.05, 0.1) is 6.54 Å². The number of carboxylic acids is 1. The van der Waals surface area contributed by atoms with Crippen LogP contribution in [0.3, 0.4) is 0 Å². The van der Waals surface area contributed by atoms with Crippen LogP contribution in [0.5, 0.6) is 0 Å². The summed E-state index contributed by atoms with van der Waals surface area (Å²) < 4.78 is 0. The summed E-state index contributed by atoms with van der Waals surface area (Å²) in [4.78, 5) is 39.0. The Balaban J connectivity index is 1.80. The Bertz CT molecular complexity index is 753. The van der Waals surface area contributed by atoms with Gasteiger partial charge in [-0.15, -0.1) is 0 Å². The Morgan fingerprint density at radius 2 is 1.86 bits per heavy atom. The molecule has 0 saturated heterocycles. The second-order valence-electron chi connectivity index (χ2n) is 8.73. The molecule has 1 aliphatic carbocycles. The highest BCUT2D eigenvalue weighted by molar-refractivity contribution is 6.05. The molecule has 0 spiro atoms. The van der Waals surface area contributed by atoms with E-state index >= 15 is 0 Å². The van der Waals surface area contributed by atoms with Crippen molar-refractivity contribution in [2.75, 3.05) is 13.1 Å². The van der Waals surface area contributed by atoms with E-state index in [2.05, 4.69) is 5.32 Å². The van der Waals surface area contributed by atoms with Crippen LogP contribution in [0.25, 0.3) is 0 Å². The van der Waals surface area contributed by atoms with Crippen molar-refractivity contribution in [3.8, 4) is 0 Å². The molecule has 1 aromatic carbocycles. The van der Waals surface area contributed by atoms with Crippen LogP contribution in [-0.4, -0.2) is 46.3 Å². The number of Topliss-reactive ketones (excluding diaryl/α,β-unsaturated/α-hetero) is 1. The Hall–Kier alpha value is -2.21. The number of aliphatic carboxylic acids is 1. The fourth-order valence-corrected chi connectivity index (χ4v) is 4.46. The van der Waals surface area contributed by atoms with Crippen molar-refractivity contribution in [1.82, 2.24) is 10.2 Å². The van der Waals surface area contributed by atoms with E-state index < -0.39 is 17.6 Å².